The Morgan fingerprint density at radius 3 is 2.93 bits per heavy atom. The Hall–Kier alpha value is -1.28. The molecule has 3 rings (SSSR count). The predicted octanol–water partition coefficient (Wildman–Crippen LogP) is 2.60. The van der Waals surface area contributed by atoms with Gasteiger partial charge in [-0.2, -0.15) is 0 Å². The highest BCUT2D eigenvalue weighted by atomic mass is 16.5. The number of aromatic nitrogens is 1. The first-order valence-corrected chi connectivity index (χ1v) is 5.46. The standard InChI is InChI=1S/C13H15NO/c1-10-2-3-12-4-5-14(13(12)6-10)7-11-8-15-9-11/h2-6,11H,7-9H2,1H3. The van der Waals surface area contributed by atoms with Crippen molar-refractivity contribution in [2.45, 2.75) is 13.5 Å². The minimum absolute atomic E-state index is 0.709. The molecule has 15 heavy (non-hydrogen) atoms. The number of ether oxygens (including phenoxy) is 1. The molecule has 1 fully saturated rings. The van der Waals surface area contributed by atoms with Crippen LogP contribution in [0.4, 0.5) is 0 Å². The molecule has 2 heteroatoms. The van der Waals surface area contributed by atoms with Gasteiger partial charge in [-0.3, -0.25) is 0 Å². The fraction of sp³-hybridized carbons (Fsp3) is 0.385. The van der Waals surface area contributed by atoms with Crippen molar-refractivity contribution in [1.82, 2.24) is 4.57 Å². The van der Waals surface area contributed by atoms with Gasteiger partial charge in [0.05, 0.1) is 13.2 Å². The molecule has 2 nitrogen and oxygen atoms in total. The Labute approximate surface area is 89.5 Å². The topological polar surface area (TPSA) is 14.2 Å². The quantitative estimate of drug-likeness (QED) is 0.728. The summed E-state index contributed by atoms with van der Waals surface area (Å²) in [5.74, 6) is 0.709. The Balaban J connectivity index is 1.98. The second-order valence-corrected chi connectivity index (χ2v) is 4.43. The van der Waals surface area contributed by atoms with Crippen LogP contribution in [0.5, 0.6) is 0 Å². The number of nitrogens with zero attached hydrogens (tertiary/aromatic N) is 1. The fourth-order valence-corrected chi connectivity index (χ4v) is 2.12. The smallest absolute Gasteiger partial charge is 0.0533 e. The lowest BCUT2D eigenvalue weighted by molar-refractivity contribution is -0.0388. The summed E-state index contributed by atoms with van der Waals surface area (Å²) < 4.78 is 7.55. The maximum absolute atomic E-state index is 5.21. The molecule has 2 heterocycles. The molecule has 0 N–H and O–H groups in total. The first kappa shape index (κ1) is 8.98. The van der Waals surface area contributed by atoms with Crippen molar-refractivity contribution in [3.63, 3.8) is 0 Å². The monoisotopic (exact) mass is 201 g/mol. The van der Waals surface area contributed by atoms with Crippen molar-refractivity contribution in [3.8, 4) is 0 Å². The second kappa shape index (κ2) is 3.38. The number of rotatable bonds is 2. The number of benzene rings is 1. The predicted molar refractivity (Wildman–Crippen MR) is 61.0 cm³/mol. The molecule has 0 aliphatic carbocycles. The average molecular weight is 201 g/mol. The van der Waals surface area contributed by atoms with Gasteiger partial charge >= 0.3 is 0 Å². The SMILES string of the molecule is Cc1ccc2ccn(CC3COC3)c2c1. The molecule has 0 unspecified atom stereocenters. The van der Waals surface area contributed by atoms with E-state index in [1.165, 1.54) is 16.5 Å². The third-order valence-corrected chi connectivity index (χ3v) is 3.09. The van der Waals surface area contributed by atoms with Gasteiger partial charge in [0.15, 0.2) is 0 Å². The minimum atomic E-state index is 0.709. The lowest BCUT2D eigenvalue weighted by atomic mass is 10.1. The van der Waals surface area contributed by atoms with Gasteiger partial charge in [0.1, 0.15) is 0 Å². The Kier molecular flexibility index (Phi) is 2.03. The van der Waals surface area contributed by atoms with Crippen LogP contribution in [0.3, 0.4) is 0 Å². The van der Waals surface area contributed by atoms with Crippen molar-refractivity contribution in [3.05, 3.63) is 36.0 Å². The van der Waals surface area contributed by atoms with Crippen LogP contribution in [0, 0.1) is 12.8 Å². The molecule has 1 aromatic carbocycles. The molecular weight excluding hydrogens is 186 g/mol. The molecular formula is C13H15NO. The molecule has 0 atom stereocenters. The van der Waals surface area contributed by atoms with Gasteiger partial charge in [0, 0.05) is 24.2 Å². The molecule has 0 amide bonds. The van der Waals surface area contributed by atoms with Crippen LogP contribution >= 0.6 is 0 Å². The molecule has 0 bridgehead atoms. The van der Waals surface area contributed by atoms with E-state index in [2.05, 4.69) is 42.0 Å². The van der Waals surface area contributed by atoms with Crippen LogP contribution in [0.15, 0.2) is 30.5 Å². The van der Waals surface area contributed by atoms with E-state index in [1.54, 1.807) is 0 Å². The van der Waals surface area contributed by atoms with Crippen molar-refractivity contribution in [2.75, 3.05) is 13.2 Å². The highest BCUT2D eigenvalue weighted by Crippen LogP contribution is 2.20. The average Bonchev–Trinajstić information content (AvgIpc) is 2.54. The summed E-state index contributed by atoms with van der Waals surface area (Å²) in [6, 6.07) is 8.81. The number of aryl methyl sites for hydroxylation is 1. The van der Waals surface area contributed by atoms with E-state index in [9.17, 15) is 0 Å². The van der Waals surface area contributed by atoms with Gasteiger partial charge < -0.3 is 9.30 Å². The summed E-state index contributed by atoms with van der Waals surface area (Å²) in [4.78, 5) is 0. The first-order chi connectivity index (χ1) is 7.33. The third kappa shape index (κ3) is 1.55. The molecule has 78 valence electrons. The third-order valence-electron chi connectivity index (χ3n) is 3.09. The summed E-state index contributed by atoms with van der Waals surface area (Å²) in [6.07, 6.45) is 2.18. The molecule has 0 saturated carbocycles. The van der Waals surface area contributed by atoms with Crippen LogP contribution in [0.1, 0.15) is 5.56 Å². The van der Waals surface area contributed by atoms with E-state index < -0.39 is 0 Å². The highest BCUT2D eigenvalue weighted by molar-refractivity contribution is 5.80. The largest absolute Gasteiger partial charge is 0.381 e. The summed E-state index contributed by atoms with van der Waals surface area (Å²) in [5.41, 5.74) is 2.68. The lowest BCUT2D eigenvalue weighted by Gasteiger charge is -2.26. The van der Waals surface area contributed by atoms with Gasteiger partial charge in [-0.25, -0.2) is 0 Å². The van der Waals surface area contributed by atoms with E-state index in [0.717, 1.165) is 19.8 Å². The van der Waals surface area contributed by atoms with Crippen molar-refractivity contribution >= 4 is 10.9 Å². The van der Waals surface area contributed by atoms with Crippen LogP contribution in [0.2, 0.25) is 0 Å². The molecule has 2 aromatic rings. The van der Waals surface area contributed by atoms with Gasteiger partial charge in [0.2, 0.25) is 0 Å². The number of hydrogen-bond acceptors (Lipinski definition) is 1. The summed E-state index contributed by atoms with van der Waals surface area (Å²) >= 11 is 0. The van der Waals surface area contributed by atoms with Crippen molar-refractivity contribution in [1.29, 1.82) is 0 Å². The highest BCUT2D eigenvalue weighted by Gasteiger charge is 2.19. The van der Waals surface area contributed by atoms with Crippen LogP contribution in [-0.2, 0) is 11.3 Å². The Morgan fingerprint density at radius 1 is 1.33 bits per heavy atom. The van der Waals surface area contributed by atoms with Crippen LogP contribution < -0.4 is 0 Å². The number of hydrogen-bond donors (Lipinski definition) is 0. The normalized spacial score (nSPS) is 16.9. The maximum Gasteiger partial charge on any atom is 0.0533 e. The van der Waals surface area contributed by atoms with Gasteiger partial charge in [-0.1, -0.05) is 12.1 Å². The van der Waals surface area contributed by atoms with Crippen LogP contribution in [-0.4, -0.2) is 17.8 Å². The van der Waals surface area contributed by atoms with E-state index >= 15 is 0 Å². The van der Waals surface area contributed by atoms with Crippen molar-refractivity contribution < 1.29 is 4.74 Å². The van der Waals surface area contributed by atoms with E-state index in [4.69, 9.17) is 4.74 Å². The maximum atomic E-state index is 5.21. The molecule has 1 aliphatic rings. The molecule has 1 aromatic heterocycles. The van der Waals surface area contributed by atoms with E-state index in [1.807, 2.05) is 0 Å². The van der Waals surface area contributed by atoms with Crippen LogP contribution in [0.25, 0.3) is 10.9 Å². The Bertz CT molecular complexity index is 482. The summed E-state index contributed by atoms with van der Waals surface area (Å²) in [7, 11) is 0. The first-order valence-electron chi connectivity index (χ1n) is 5.46. The summed E-state index contributed by atoms with van der Waals surface area (Å²) in [6.45, 7) is 5.08. The van der Waals surface area contributed by atoms with E-state index in [0.29, 0.717) is 5.92 Å². The Morgan fingerprint density at radius 2 is 2.20 bits per heavy atom. The molecule has 0 spiro atoms. The lowest BCUT2D eigenvalue weighted by Crippen LogP contribution is -2.31. The minimum Gasteiger partial charge on any atom is -0.381 e. The zero-order valence-corrected chi connectivity index (χ0v) is 8.94. The van der Waals surface area contributed by atoms with Gasteiger partial charge in [0.25, 0.3) is 0 Å². The zero-order chi connectivity index (χ0) is 10.3. The van der Waals surface area contributed by atoms with Crippen molar-refractivity contribution in [2.24, 2.45) is 5.92 Å². The molecule has 1 saturated heterocycles. The van der Waals surface area contributed by atoms with Gasteiger partial charge in [-0.05, 0) is 30.0 Å². The summed E-state index contributed by atoms with van der Waals surface area (Å²) in [5, 5.41) is 1.33. The molecule has 0 radical (unpaired) electrons. The van der Waals surface area contributed by atoms with E-state index in [-0.39, 0.29) is 0 Å². The number of fused-ring (bicyclic) bond motifs is 1. The second-order valence-electron chi connectivity index (χ2n) is 4.43. The molecule has 1 aliphatic heterocycles. The zero-order valence-electron chi connectivity index (χ0n) is 8.94. The van der Waals surface area contributed by atoms with Gasteiger partial charge in [-0.15, -0.1) is 0 Å². The fourth-order valence-electron chi connectivity index (χ4n) is 2.12.